The molecule has 0 fully saturated rings. The Morgan fingerprint density at radius 2 is 0.571 bits per heavy atom. The first-order chi connectivity index (χ1) is 1.00. The maximum absolute atomic E-state index is 2.94. The first kappa shape index (κ1) is 855. The van der Waals surface area contributed by atoms with Crippen LogP contribution >= 0.6 is 40.7 Å². The Hall–Kier alpha value is 0.820. The molecule has 0 atom stereocenters. The molecule has 0 aliphatic rings. The number of alkyl halides is 1. The molecule has 0 bridgehead atoms. The van der Waals surface area contributed by atoms with E-state index in [1.807, 2.05) is 5.83 Å². The molecule has 0 rings (SSSR count). The molecule has 0 aromatic carbocycles. The molecule has 0 saturated carbocycles. The van der Waals surface area contributed by atoms with Crippen LogP contribution in [-0.4, -0.2) is 16.8 Å². The molecule has 9 heteroatoms. The summed E-state index contributed by atoms with van der Waals surface area (Å²) in [6.07, 6.45) is 0. The molecule has 0 unspecified atom stereocenters. The minimum absolute atomic E-state index is 0. The van der Waals surface area contributed by atoms with E-state index in [9.17, 15) is 0 Å². The van der Waals surface area contributed by atoms with Crippen molar-refractivity contribution in [3.8, 4) is 0 Å². The largest absolute Gasteiger partial charge is 0.412 e. The van der Waals surface area contributed by atoms with E-state index < -0.39 is 0 Å². The van der Waals surface area contributed by atoms with Crippen molar-refractivity contribution < 1.29 is 12.4 Å². The quantitative estimate of drug-likeness (QED) is 0.488. The van der Waals surface area contributed by atoms with Crippen LogP contribution in [-0.2, 0) is 0 Å². The Bertz CT molecular complexity index is 35.0. The second-order valence-corrected chi connectivity index (χ2v) is 0. The molecule has 0 aliphatic heterocycles. The van der Waals surface area contributed by atoms with E-state index in [1.165, 1.54) is 0 Å². The second-order valence-electron chi connectivity index (χ2n) is 0. The lowest BCUT2D eigenvalue weighted by Gasteiger charge is -1.05. The van der Waals surface area contributed by atoms with Crippen LogP contribution in [0.1, 0.15) is 31.1 Å². The normalized spacial score (nSPS) is 0.429. The van der Waals surface area contributed by atoms with Gasteiger partial charge < -0.3 is 35.6 Å². The number of hydrogen-bond acceptors (Lipinski definition) is 4. The Labute approximate surface area is 113 Å². The van der Waals surface area contributed by atoms with E-state index in [1.54, 1.807) is 0 Å². The third-order valence-corrected chi connectivity index (χ3v) is 0. The van der Waals surface area contributed by atoms with Crippen molar-refractivity contribution in [2.45, 2.75) is 29.7 Å². The average Bonchev–Trinajstić information content (AvgIpc) is 1.00. The third kappa shape index (κ3) is 2660. The van der Waals surface area contributed by atoms with Gasteiger partial charge in [-0.25, -0.2) is 0 Å². The highest BCUT2D eigenvalue weighted by Crippen LogP contribution is 1.45. The van der Waals surface area contributed by atoms with Gasteiger partial charge in [-0.2, -0.15) is 0 Å². The molecule has 0 amide bonds. The Morgan fingerprint density at radius 3 is 0.571 bits per heavy atom. The van der Waals surface area contributed by atoms with Crippen molar-refractivity contribution in [2.75, 3.05) is 5.83 Å². The molecule has 14 heavy (non-hydrogen) atoms. The highest BCUT2D eigenvalue weighted by Gasteiger charge is 0.948. The van der Waals surface area contributed by atoms with E-state index in [-0.39, 0.29) is 91.5 Å². The van der Waals surface area contributed by atoms with Crippen LogP contribution < -0.4 is 24.6 Å². The number of hydrogen-bond donors (Lipinski definition) is 4. The Morgan fingerprint density at radius 1 is 0.571 bits per heavy atom. The van der Waals surface area contributed by atoms with Crippen LogP contribution in [0, 0.1) is 0 Å². The SMILES string of the molecule is C.C.C.C.CBr.Cl.Cl.N.N.N.N.O.O.[HH]. The van der Waals surface area contributed by atoms with Crippen molar-refractivity contribution in [3.63, 3.8) is 0 Å². The van der Waals surface area contributed by atoms with E-state index in [0.29, 0.717) is 0 Å². The van der Waals surface area contributed by atoms with Gasteiger partial charge in [0.05, 0.1) is 0 Å². The highest BCUT2D eigenvalue weighted by molar-refractivity contribution is 9.08. The molecular formula is C5H39BrCl2N4O2. The summed E-state index contributed by atoms with van der Waals surface area (Å²) < 4.78 is 0. The molecule has 6 nitrogen and oxygen atoms in total. The van der Waals surface area contributed by atoms with Gasteiger partial charge in [0.1, 0.15) is 0 Å². The summed E-state index contributed by atoms with van der Waals surface area (Å²) >= 11 is 2.94. The van der Waals surface area contributed by atoms with Gasteiger partial charge in [-0.05, 0) is 5.83 Å². The van der Waals surface area contributed by atoms with Gasteiger partial charge in [0, 0.05) is 1.43 Å². The van der Waals surface area contributed by atoms with Crippen molar-refractivity contribution in [3.05, 3.63) is 0 Å². The van der Waals surface area contributed by atoms with Crippen molar-refractivity contribution in [1.82, 2.24) is 24.6 Å². The van der Waals surface area contributed by atoms with Gasteiger partial charge >= 0.3 is 0 Å². The van der Waals surface area contributed by atoms with E-state index in [2.05, 4.69) is 15.9 Å². The van der Waals surface area contributed by atoms with Crippen LogP contribution in [0.2, 0.25) is 0 Å². The van der Waals surface area contributed by atoms with E-state index in [4.69, 9.17) is 0 Å². The van der Waals surface area contributed by atoms with Crippen LogP contribution in [0.3, 0.4) is 0 Å². The van der Waals surface area contributed by atoms with Crippen molar-refractivity contribution in [1.29, 1.82) is 0 Å². The zero-order valence-corrected chi connectivity index (χ0v) is 9.24. The fraction of sp³-hybridized carbons (Fsp3) is 1.00. The van der Waals surface area contributed by atoms with Crippen LogP contribution in [0.15, 0.2) is 0 Å². The van der Waals surface area contributed by atoms with Crippen LogP contribution in [0.4, 0.5) is 0 Å². The van der Waals surface area contributed by atoms with Crippen molar-refractivity contribution >= 4 is 40.7 Å². The summed E-state index contributed by atoms with van der Waals surface area (Å²) in [7, 11) is 0. The maximum Gasteiger partial charge on any atom is 0 e. The molecule has 0 aromatic rings. The van der Waals surface area contributed by atoms with E-state index in [0.717, 1.165) is 0 Å². The molecule has 0 aliphatic carbocycles. The maximum atomic E-state index is 2.94. The molecule has 0 aromatic heterocycles. The fourth-order valence-corrected chi connectivity index (χ4v) is 0. The monoisotopic (exact) mass is 336 g/mol. The van der Waals surface area contributed by atoms with Crippen LogP contribution in [0.25, 0.3) is 0 Å². The smallest absolute Gasteiger partial charge is 0 e. The van der Waals surface area contributed by atoms with Gasteiger partial charge in [0.15, 0.2) is 0 Å². The third-order valence-electron chi connectivity index (χ3n) is 0. The van der Waals surface area contributed by atoms with Gasteiger partial charge in [0.2, 0.25) is 0 Å². The molecule has 0 saturated heterocycles. The lowest BCUT2D eigenvalue weighted by Crippen LogP contribution is -0.808. The number of rotatable bonds is 0. The average molecular weight is 338 g/mol. The highest BCUT2D eigenvalue weighted by atomic mass is 79.9. The lowest BCUT2D eigenvalue weighted by molar-refractivity contribution is 0.823. The van der Waals surface area contributed by atoms with Gasteiger partial charge in [-0.1, -0.05) is 45.6 Å². The lowest BCUT2D eigenvalue weighted by atomic mass is 12.0. The number of halogens is 3. The molecule has 0 spiro atoms. The summed E-state index contributed by atoms with van der Waals surface area (Å²) in [6, 6.07) is 0. The minimum atomic E-state index is 0. The van der Waals surface area contributed by atoms with Crippen LogP contribution in [0.5, 0.6) is 0 Å². The minimum Gasteiger partial charge on any atom is -0.412 e. The summed E-state index contributed by atoms with van der Waals surface area (Å²) in [5.41, 5.74) is 0. The predicted molar refractivity (Wildman–Crippen MR) is 85.7 cm³/mol. The standard InChI is InChI=1S/CH3Br.4CH4.2ClH.4H3N.2H2O.H2/c1-2;;;;;;;;;;;;;/h1H3;4*1H4;2*1H;4*1H3;2*1H2;1H. The zero-order valence-electron chi connectivity index (χ0n) is 6.02. The summed E-state index contributed by atoms with van der Waals surface area (Å²) in [5.74, 6) is 1.81. The zero-order chi connectivity index (χ0) is 2.00. The topological polar surface area (TPSA) is 203 Å². The Balaban J connectivity index is -0.0000000000641. The molecule has 0 heterocycles. The van der Waals surface area contributed by atoms with Gasteiger partial charge in [-0.3, -0.25) is 0 Å². The van der Waals surface area contributed by atoms with Gasteiger partial charge in [0.25, 0.3) is 0 Å². The van der Waals surface area contributed by atoms with Crippen molar-refractivity contribution in [2.24, 2.45) is 0 Å². The predicted octanol–water partition coefficient (Wildman–Crippen LogP) is 3.64. The first-order valence-electron chi connectivity index (χ1n) is 0.378. The summed E-state index contributed by atoms with van der Waals surface area (Å²) in [4.78, 5) is 0. The van der Waals surface area contributed by atoms with Gasteiger partial charge in [-0.15, -0.1) is 24.8 Å². The fourth-order valence-electron chi connectivity index (χ4n) is 0. The molecular weight excluding hydrogens is 299 g/mol. The molecule has 112 valence electrons. The summed E-state index contributed by atoms with van der Waals surface area (Å²) in [5, 5.41) is 0. The molecule has 0 radical (unpaired) electrons. The van der Waals surface area contributed by atoms with E-state index >= 15 is 0 Å². The molecule has 16 N–H and O–H groups in total. The second kappa shape index (κ2) is 3380. The Kier molecular flexibility index (Phi) is 206000. The first-order valence-corrected chi connectivity index (χ1v) is 1.96. The summed E-state index contributed by atoms with van der Waals surface area (Å²) in [6.45, 7) is 0.